The summed E-state index contributed by atoms with van der Waals surface area (Å²) in [6.45, 7) is 2.21. The van der Waals surface area contributed by atoms with Gasteiger partial charge in [0.05, 0.1) is 5.56 Å². The predicted octanol–water partition coefficient (Wildman–Crippen LogP) is 6.08. The standard InChI is InChI=1S/C24H20FN/c1-2-3-16-4-10-22-19(12-16)6-7-20-13-17(9-11-23(20)22)18-5-8-21(15-26)24(25)14-18/h4-5,8-14H,2-3,6-7H2,1H3. The Bertz CT molecular complexity index is 1030. The van der Waals surface area contributed by atoms with Crippen LogP contribution in [0.1, 0.15) is 35.6 Å². The summed E-state index contributed by atoms with van der Waals surface area (Å²) in [5, 5.41) is 8.89. The van der Waals surface area contributed by atoms with Crippen molar-refractivity contribution in [2.24, 2.45) is 0 Å². The number of hydrogen-bond acceptors (Lipinski definition) is 1. The molecule has 0 N–H and O–H groups in total. The summed E-state index contributed by atoms with van der Waals surface area (Å²) in [5.74, 6) is -0.462. The highest BCUT2D eigenvalue weighted by Crippen LogP contribution is 2.36. The molecule has 2 heteroatoms. The first-order valence-corrected chi connectivity index (χ1v) is 9.14. The van der Waals surface area contributed by atoms with Crippen LogP contribution in [0.3, 0.4) is 0 Å². The van der Waals surface area contributed by atoms with Crippen molar-refractivity contribution < 1.29 is 4.39 Å². The quantitative estimate of drug-likeness (QED) is 0.566. The van der Waals surface area contributed by atoms with Gasteiger partial charge in [0.15, 0.2) is 0 Å². The van der Waals surface area contributed by atoms with Crippen LogP contribution in [0.15, 0.2) is 54.6 Å². The van der Waals surface area contributed by atoms with Gasteiger partial charge in [0.1, 0.15) is 11.9 Å². The van der Waals surface area contributed by atoms with E-state index < -0.39 is 5.82 Å². The summed E-state index contributed by atoms with van der Waals surface area (Å²) in [7, 11) is 0. The predicted molar refractivity (Wildman–Crippen MR) is 103 cm³/mol. The van der Waals surface area contributed by atoms with Gasteiger partial charge < -0.3 is 0 Å². The van der Waals surface area contributed by atoms with Crippen LogP contribution in [0.5, 0.6) is 0 Å². The van der Waals surface area contributed by atoms with Gasteiger partial charge in [0.2, 0.25) is 0 Å². The van der Waals surface area contributed by atoms with Gasteiger partial charge in [-0.2, -0.15) is 5.26 Å². The maximum absolute atomic E-state index is 14.0. The fraction of sp³-hybridized carbons (Fsp3) is 0.208. The van der Waals surface area contributed by atoms with Crippen molar-refractivity contribution in [1.82, 2.24) is 0 Å². The lowest BCUT2D eigenvalue weighted by atomic mass is 9.83. The average molecular weight is 341 g/mol. The third kappa shape index (κ3) is 2.91. The van der Waals surface area contributed by atoms with E-state index in [9.17, 15) is 4.39 Å². The first-order valence-electron chi connectivity index (χ1n) is 9.14. The molecular weight excluding hydrogens is 321 g/mol. The molecule has 0 radical (unpaired) electrons. The van der Waals surface area contributed by atoms with Gasteiger partial charge in [-0.05, 0) is 70.3 Å². The van der Waals surface area contributed by atoms with Crippen LogP contribution < -0.4 is 0 Å². The van der Waals surface area contributed by atoms with Crippen LogP contribution in [0.4, 0.5) is 4.39 Å². The molecule has 1 aliphatic rings. The third-order valence-corrected chi connectivity index (χ3v) is 5.19. The molecule has 128 valence electrons. The number of fused-ring (bicyclic) bond motifs is 3. The van der Waals surface area contributed by atoms with Gasteiger partial charge >= 0.3 is 0 Å². The van der Waals surface area contributed by atoms with Crippen LogP contribution in [0, 0.1) is 17.1 Å². The van der Waals surface area contributed by atoms with Gasteiger partial charge in [0, 0.05) is 0 Å². The second-order valence-corrected chi connectivity index (χ2v) is 6.92. The molecule has 4 rings (SSSR count). The Hall–Kier alpha value is -2.92. The SMILES string of the molecule is CCCc1ccc2c(c1)CCc1cc(-c3ccc(C#N)c(F)c3)ccc1-2. The number of hydrogen-bond donors (Lipinski definition) is 0. The maximum atomic E-state index is 14.0. The summed E-state index contributed by atoms with van der Waals surface area (Å²) >= 11 is 0. The number of halogens is 1. The number of rotatable bonds is 3. The highest BCUT2D eigenvalue weighted by molar-refractivity contribution is 5.77. The lowest BCUT2D eigenvalue weighted by molar-refractivity contribution is 0.624. The number of benzene rings is 3. The topological polar surface area (TPSA) is 23.8 Å². The van der Waals surface area contributed by atoms with Crippen molar-refractivity contribution >= 4 is 0 Å². The van der Waals surface area contributed by atoms with Crippen LogP contribution in [-0.4, -0.2) is 0 Å². The van der Waals surface area contributed by atoms with Crippen LogP contribution >= 0.6 is 0 Å². The van der Waals surface area contributed by atoms with E-state index in [0.717, 1.165) is 30.4 Å². The molecule has 0 aliphatic heterocycles. The molecule has 0 saturated heterocycles. The van der Waals surface area contributed by atoms with E-state index >= 15 is 0 Å². The minimum Gasteiger partial charge on any atom is -0.206 e. The van der Waals surface area contributed by atoms with E-state index in [1.165, 1.54) is 40.3 Å². The van der Waals surface area contributed by atoms with Gasteiger partial charge in [0.25, 0.3) is 0 Å². The van der Waals surface area contributed by atoms with Crippen molar-refractivity contribution in [3.8, 4) is 28.3 Å². The maximum Gasteiger partial charge on any atom is 0.141 e. The Kier molecular flexibility index (Phi) is 4.31. The van der Waals surface area contributed by atoms with Crippen LogP contribution in [0.25, 0.3) is 22.3 Å². The Labute approximate surface area is 153 Å². The zero-order valence-corrected chi connectivity index (χ0v) is 14.8. The highest BCUT2D eigenvalue weighted by Gasteiger charge is 2.17. The largest absolute Gasteiger partial charge is 0.206 e. The lowest BCUT2D eigenvalue weighted by Crippen LogP contribution is -2.05. The van der Waals surface area contributed by atoms with Crippen molar-refractivity contribution in [2.75, 3.05) is 0 Å². The first kappa shape index (κ1) is 16.5. The molecule has 3 aromatic carbocycles. The minimum absolute atomic E-state index is 0.0866. The van der Waals surface area contributed by atoms with E-state index in [1.54, 1.807) is 6.07 Å². The van der Waals surface area contributed by atoms with Gasteiger partial charge in [-0.15, -0.1) is 0 Å². The molecule has 26 heavy (non-hydrogen) atoms. The highest BCUT2D eigenvalue weighted by atomic mass is 19.1. The molecule has 3 aromatic rings. The van der Waals surface area contributed by atoms with Crippen molar-refractivity contribution in [3.05, 3.63) is 82.7 Å². The Morgan fingerprint density at radius 3 is 2.23 bits per heavy atom. The average Bonchev–Trinajstić information content (AvgIpc) is 2.67. The summed E-state index contributed by atoms with van der Waals surface area (Å²) in [6.07, 6.45) is 4.35. The molecule has 0 saturated carbocycles. The monoisotopic (exact) mass is 341 g/mol. The third-order valence-electron chi connectivity index (χ3n) is 5.19. The minimum atomic E-state index is -0.462. The van der Waals surface area contributed by atoms with Crippen molar-refractivity contribution in [2.45, 2.75) is 32.6 Å². The molecule has 0 spiro atoms. The fourth-order valence-corrected chi connectivity index (χ4v) is 3.86. The molecule has 0 heterocycles. The summed E-state index contributed by atoms with van der Waals surface area (Å²) in [4.78, 5) is 0. The van der Waals surface area contributed by atoms with E-state index in [-0.39, 0.29) is 5.56 Å². The molecule has 0 bridgehead atoms. The number of aryl methyl sites for hydroxylation is 3. The van der Waals surface area contributed by atoms with Gasteiger partial charge in [-0.1, -0.05) is 55.8 Å². The fourth-order valence-electron chi connectivity index (χ4n) is 3.86. The second-order valence-electron chi connectivity index (χ2n) is 6.92. The Morgan fingerprint density at radius 2 is 1.54 bits per heavy atom. The Balaban J connectivity index is 1.73. The summed E-state index contributed by atoms with van der Waals surface area (Å²) < 4.78 is 14.0. The van der Waals surface area contributed by atoms with Gasteiger partial charge in [-0.25, -0.2) is 4.39 Å². The number of nitriles is 1. The van der Waals surface area contributed by atoms with Crippen LogP contribution in [0.2, 0.25) is 0 Å². The van der Waals surface area contributed by atoms with E-state index in [4.69, 9.17) is 5.26 Å². The van der Waals surface area contributed by atoms with Crippen molar-refractivity contribution in [3.63, 3.8) is 0 Å². The first-order chi connectivity index (χ1) is 12.7. The number of nitrogens with zero attached hydrogens (tertiary/aromatic N) is 1. The molecule has 0 aromatic heterocycles. The molecule has 0 fully saturated rings. The second kappa shape index (κ2) is 6.77. The van der Waals surface area contributed by atoms with E-state index in [0.29, 0.717) is 0 Å². The lowest BCUT2D eigenvalue weighted by Gasteiger charge is -2.21. The Morgan fingerprint density at radius 1 is 0.885 bits per heavy atom. The van der Waals surface area contributed by atoms with Crippen molar-refractivity contribution in [1.29, 1.82) is 5.26 Å². The molecule has 1 aliphatic carbocycles. The molecular formula is C24H20FN. The van der Waals surface area contributed by atoms with E-state index in [1.807, 2.05) is 12.1 Å². The summed E-state index contributed by atoms with van der Waals surface area (Å²) in [5.41, 5.74) is 8.66. The summed E-state index contributed by atoms with van der Waals surface area (Å²) in [6, 6.07) is 19.9. The molecule has 0 atom stereocenters. The molecule has 0 unspecified atom stereocenters. The van der Waals surface area contributed by atoms with Gasteiger partial charge in [-0.3, -0.25) is 0 Å². The van der Waals surface area contributed by atoms with E-state index in [2.05, 4.69) is 43.3 Å². The zero-order valence-electron chi connectivity index (χ0n) is 14.8. The smallest absolute Gasteiger partial charge is 0.141 e. The zero-order chi connectivity index (χ0) is 18.1. The molecule has 1 nitrogen and oxygen atoms in total. The van der Waals surface area contributed by atoms with Crippen LogP contribution in [-0.2, 0) is 19.3 Å². The normalized spacial score (nSPS) is 12.2. The molecule has 0 amide bonds.